The molecular formula is C18H13ClN2O5. The van der Waals surface area contributed by atoms with E-state index in [0.717, 1.165) is 0 Å². The fourth-order valence-electron chi connectivity index (χ4n) is 2.31. The Bertz CT molecular complexity index is 949. The highest BCUT2D eigenvalue weighted by Crippen LogP contribution is 2.25. The van der Waals surface area contributed by atoms with E-state index in [4.69, 9.17) is 16.3 Å². The van der Waals surface area contributed by atoms with E-state index in [0.29, 0.717) is 22.2 Å². The van der Waals surface area contributed by atoms with Crippen LogP contribution in [0.4, 0.5) is 0 Å². The maximum atomic E-state index is 11.9. The van der Waals surface area contributed by atoms with Gasteiger partial charge in [0.1, 0.15) is 17.8 Å². The number of carboxylic acids is 1. The number of aromatic carboxylic acids is 1. The fourth-order valence-corrected chi connectivity index (χ4v) is 2.43. The van der Waals surface area contributed by atoms with E-state index in [1.807, 2.05) is 0 Å². The van der Waals surface area contributed by atoms with Gasteiger partial charge in [0.25, 0.3) is 0 Å². The summed E-state index contributed by atoms with van der Waals surface area (Å²) >= 11 is 5.84. The monoisotopic (exact) mass is 372 g/mol. The van der Waals surface area contributed by atoms with Gasteiger partial charge in [0.05, 0.1) is 7.11 Å². The number of imidazole rings is 1. The molecule has 3 aromatic rings. The van der Waals surface area contributed by atoms with E-state index in [1.165, 1.54) is 18.0 Å². The van der Waals surface area contributed by atoms with Crippen molar-refractivity contribution in [2.75, 3.05) is 7.11 Å². The average molecular weight is 373 g/mol. The summed E-state index contributed by atoms with van der Waals surface area (Å²) in [7, 11) is 1.17. The van der Waals surface area contributed by atoms with Crippen LogP contribution in [0.2, 0.25) is 5.02 Å². The summed E-state index contributed by atoms with van der Waals surface area (Å²) < 4.78 is 11.7. The standard InChI is InChI=1S/C18H13ClN2O5/c1-25-18(24)16-15(17(22)23)20-10-21(16)12-4-8-14(9-5-12)26-13-6-2-11(19)3-7-13/h2-10H,1H3,(H,22,23). The first kappa shape index (κ1) is 17.5. The van der Waals surface area contributed by atoms with Crippen molar-refractivity contribution in [2.45, 2.75) is 0 Å². The number of esters is 1. The number of hydrogen-bond acceptors (Lipinski definition) is 5. The van der Waals surface area contributed by atoms with Crippen molar-refractivity contribution in [3.63, 3.8) is 0 Å². The molecule has 0 atom stereocenters. The van der Waals surface area contributed by atoms with Gasteiger partial charge < -0.3 is 14.6 Å². The number of benzene rings is 2. The molecule has 0 unspecified atom stereocenters. The molecule has 3 rings (SSSR count). The summed E-state index contributed by atoms with van der Waals surface area (Å²) in [6.45, 7) is 0. The predicted molar refractivity (Wildman–Crippen MR) is 93.4 cm³/mol. The Balaban J connectivity index is 1.90. The van der Waals surface area contributed by atoms with Crippen LogP contribution in [0.25, 0.3) is 5.69 Å². The van der Waals surface area contributed by atoms with Crippen LogP contribution in [0.3, 0.4) is 0 Å². The Kier molecular flexibility index (Phi) is 4.90. The zero-order chi connectivity index (χ0) is 18.7. The molecule has 0 bridgehead atoms. The van der Waals surface area contributed by atoms with Gasteiger partial charge in [0, 0.05) is 10.7 Å². The molecule has 0 aliphatic heterocycles. The van der Waals surface area contributed by atoms with Gasteiger partial charge >= 0.3 is 11.9 Å². The van der Waals surface area contributed by atoms with Crippen LogP contribution in [-0.4, -0.2) is 33.7 Å². The Morgan fingerprint density at radius 3 is 2.15 bits per heavy atom. The lowest BCUT2D eigenvalue weighted by Crippen LogP contribution is -2.14. The summed E-state index contributed by atoms with van der Waals surface area (Å²) in [6, 6.07) is 13.6. The smallest absolute Gasteiger partial charge is 0.357 e. The zero-order valence-corrected chi connectivity index (χ0v) is 14.3. The molecule has 0 spiro atoms. The molecule has 1 heterocycles. The molecule has 1 N–H and O–H groups in total. The van der Waals surface area contributed by atoms with E-state index >= 15 is 0 Å². The molecule has 2 aromatic carbocycles. The second kappa shape index (κ2) is 7.28. The van der Waals surface area contributed by atoms with Crippen molar-refractivity contribution >= 4 is 23.5 Å². The molecule has 0 saturated heterocycles. The quantitative estimate of drug-likeness (QED) is 0.685. The van der Waals surface area contributed by atoms with Gasteiger partial charge in [-0.3, -0.25) is 4.57 Å². The van der Waals surface area contributed by atoms with Crippen LogP contribution in [0.1, 0.15) is 21.0 Å². The van der Waals surface area contributed by atoms with Crippen molar-refractivity contribution in [3.05, 3.63) is 71.3 Å². The lowest BCUT2D eigenvalue weighted by atomic mass is 10.2. The summed E-state index contributed by atoms with van der Waals surface area (Å²) in [5.41, 5.74) is -0.00133. The summed E-state index contributed by atoms with van der Waals surface area (Å²) in [4.78, 5) is 27.0. The number of methoxy groups -OCH3 is 1. The summed E-state index contributed by atoms with van der Waals surface area (Å²) in [5, 5.41) is 9.79. The van der Waals surface area contributed by atoms with Gasteiger partial charge in [-0.2, -0.15) is 0 Å². The Labute approximate surface area is 153 Å². The number of carbonyl (C=O) groups is 2. The van der Waals surface area contributed by atoms with Crippen LogP contribution in [0, 0.1) is 0 Å². The van der Waals surface area contributed by atoms with Gasteiger partial charge in [-0.1, -0.05) is 11.6 Å². The van der Waals surface area contributed by atoms with Crippen molar-refractivity contribution in [1.29, 1.82) is 0 Å². The third-order valence-corrected chi connectivity index (χ3v) is 3.77. The Morgan fingerprint density at radius 1 is 1.04 bits per heavy atom. The third kappa shape index (κ3) is 3.52. The minimum Gasteiger partial charge on any atom is -0.476 e. The molecule has 0 aliphatic rings. The molecule has 26 heavy (non-hydrogen) atoms. The van der Waals surface area contributed by atoms with Crippen LogP contribution in [0.15, 0.2) is 54.9 Å². The second-order valence-electron chi connectivity index (χ2n) is 5.16. The molecule has 7 nitrogen and oxygen atoms in total. The zero-order valence-electron chi connectivity index (χ0n) is 13.5. The lowest BCUT2D eigenvalue weighted by molar-refractivity contribution is 0.0573. The number of aromatic nitrogens is 2. The average Bonchev–Trinajstić information content (AvgIpc) is 3.09. The molecule has 0 saturated carbocycles. The molecular weight excluding hydrogens is 360 g/mol. The summed E-state index contributed by atoms with van der Waals surface area (Å²) in [5.74, 6) is -0.921. The summed E-state index contributed by atoms with van der Waals surface area (Å²) in [6.07, 6.45) is 1.25. The predicted octanol–water partition coefficient (Wildman–Crippen LogP) is 3.80. The van der Waals surface area contributed by atoms with E-state index in [9.17, 15) is 14.7 Å². The lowest BCUT2D eigenvalue weighted by Gasteiger charge is -2.09. The van der Waals surface area contributed by atoms with Crippen LogP contribution < -0.4 is 4.74 Å². The van der Waals surface area contributed by atoms with E-state index in [2.05, 4.69) is 9.72 Å². The van der Waals surface area contributed by atoms with E-state index in [-0.39, 0.29) is 11.4 Å². The van der Waals surface area contributed by atoms with Gasteiger partial charge in [-0.25, -0.2) is 14.6 Å². The molecule has 0 aliphatic carbocycles. The van der Waals surface area contributed by atoms with Gasteiger partial charge in [-0.15, -0.1) is 0 Å². The number of rotatable bonds is 5. The second-order valence-corrected chi connectivity index (χ2v) is 5.59. The number of ether oxygens (including phenoxy) is 2. The molecule has 0 fully saturated rings. The van der Waals surface area contributed by atoms with Crippen molar-refractivity contribution in [2.24, 2.45) is 0 Å². The normalized spacial score (nSPS) is 10.4. The van der Waals surface area contributed by atoms with Crippen molar-refractivity contribution < 1.29 is 24.2 Å². The number of carbonyl (C=O) groups excluding carboxylic acids is 1. The van der Waals surface area contributed by atoms with Crippen LogP contribution in [0.5, 0.6) is 11.5 Å². The minimum absolute atomic E-state index is 0.161. The highest BCUT2D eigenvalue weighted by atomic mass is 35.5. The fraction of sp³-hybridized carbons (Fsp3) is 0.0556. The topological polar surface area (TPSA) is 90.7 Å². The minimum atomic E-state index is -1.31. The number of hydrogen-bond donors (Lipinski definition) is 1. The van der Waals surface area contributed by atoms with Gasteiger partial charge in [0.2, 0.25) is 0 Å². The van der Waals surface area contributed by atoms with Gasteiger partial charge in [-0.05, 0) is 48.5 Å². The Morgan fingerprint density at radius 2 is 1.62 bits per heavy atom. The highest BCUT2D eigenvalue weighted by Gasteiger charge is 2.24. The molecule has 0 amide bonds. The number of carboxylic acid groups (broad SMARTS) is 1. The van der Waals surface area contributed by atoms with Crippen molar-refractivity contribution in [3.8, 4) is 17.2 Å². The number of halogens is 1. The first-order chi connectivity index (χ1) is 12.5. The maximum Gasteiger partial charge on any atom is 0.357 e. The van der Waals surface area contributed by atoms with Crippen LogP contribution >= 0.6 is 11.6 Å². The van der Waals surface area contributed by atoms with Gasteiger partial charge in [0.15, 0.2) is 11.4 Å². The first-order valence-electron chi connectivity index (χ1n) is 7.42. The first-order valence-corrected chi connectivity index (χ1v) is 7.80. The van der Waals surface area contributed by atoms with Crippen molar-refractivity contribution in [1.82, 2.24) is 9.55 Å². The Hall–Kier alpha value is -3.32. The van der Waals surface area contributed by atoms with E-state index in [1.54, 1.807) is 48.5 Å². The molecule has 1 aromatic heterocycles. The molecule has 0 radical (unpaired) electrons. The molecule has 132 valence electrons. The highest BCUT2D eigenvalue weighted by molar-refractivity contribution is 6.30. The number of nitrogens with zero attached hydrogens (tertiary/aromatic N) is 2. The SMILES string of the molecule is COC(=O)c1c(C(=O)O)ncn1-c1ccc(Oc2ccc(Cl)cc2)cc1. The maximum absolute atomic E-state index is 11.9. The van der Waals surface area contributed by atoms with Crippen LogP contribution in [-0.2, 0) is 4.74 Å². The largest absolute Gasteiger partial charge is 0.476 e. The molecule has 8 heteroatoms. The van der Waals surface area contributed by atoms with E-state index < -0.39 is 11.9 Å². The third-order valence-electron chi connectivity index (χ3n) is 3.51.